The van der Waals surface area contributed by atoms with Crippen molar-refractivity contribution in [3.8, 4) is 0 Å². The van der Waals surface area contributed by atoms with Crippen LogP contribution in [0.2, 0.25) is 0 Å². The van der Waals surface area contributed by atoms with E-state index in [-0.39, 0.29) is 9.77 Å². The number of thiophene rings is 1. The molecule has 0 saturated heterocycles. The predicted molar refractivity (Wildman–Crippen MR) is 81.0 cm³/mol. The summed E-state index contributed by atoms with van der Waals surface area (Å²) in [7, 11) is -3.78. The highest BCUT2D eigenvalue weighted by atomic mass is 79.9. The van der Waals surface area contributed by atoms with Crippen LogP contribution in [-0.2, 0) is 10.0 Å². The molecule has 106 valence electrons. The molecule has 0 bridgehead atoms. The lowest BCUT2D eigenvalue weighted by Crippen LogP contribution is -2.11. The van der Waals surface area contributed by atoms with E-state index in [1.54, 1.807) is 12.1 Å². The molecule has 8 heteroatoms. The Morgan fingerprint density at radius 3 is 2.55 bits per heavy atom. The van der Waals surface area contributed by atoms with E-state index in [1.165, 1.54) is 5.38 Å². The summed E-state index contributed by atoms with van der Waals surface area (Å²) in [4.78, 5) is 10.8. The number of aromatic carboxylic acids is 1. The van der Waals surface area contributed by atoms with Crippen LogP contribution in [0.15, 0.2) is 38.3 Å². The molecule has 0 radical (unpaired) electrons. The number of halogens is 1. The number of nitrogens with one attached hydrogen (secondary N) is 1. The molecule has 2 rings (SSSR count). The van der Waals surface area contributed by atoms with Gasteiger partial charge in [0, 0.05) is 9.85 Å². The normalized spacial score (nSPS) is 11.3. The van der Waals surface area contributed by atoms with Gasteiger partial charge in [-0.1, -0.05) is 15.9 Å². The molecule has 0 atom stereocenters. The molecule has 0 aliphatic carbocycles. The van der Waals surface area contributed by atoms with E-state index in [0.717, 1.165) is 27.4 Å². The van der Waals surface area contributed by atoms with Gasteiger partial charge in [-0.15, -0.1) is 11.3 Å². The van der Waals surface area contributed by atoms with Crippen LogP contribution >= 0.6 is 27.3 Å². The zero-order valence-corrected chi connectivity index (χ0v) is 13.5. The number of sulfonamides is 1. The Morgan fingerprint density at radius 2 is 2.00 bits per heavy atom. The zero-order chi connectivity index (χ0) is 14.9. The smallest absolute Gasteiger partial charge is 0.336 e. The summed E-state index contributed by atoms with van der Waals surface area (Å²) in [6.07, 6.45) is 0. The maximum atomic E-state index is 12.2. The van der Waals surface area contributed by atoms with Gasteiger partial charge in [-0.3, -0.25) is 4.72 Å². The van der Waals surface area contributed by atoms with E-state index in [4.69, 9.17) is 5.11 Å². The van der Waals surface area contributed by atoms with Crippen molar-refractivity contribution in [2.75, 3.05) is 4.72 Å². The number of carboxylic acids is 1. The first-order chi connectivity index (χ1) is 9.28. The Morgan fingerprint density at radius 1 is 1.30 bits per heavy atom. The number of hydrogen-bond acceptors (Lipinski definition) is 4. The fraction of sp³-hybridized carbons (Fsp3) is 0.0833. The van der Waals surface area contributed by atoms with Gasteiger partial charge in [-0.2, -0.15) is 0 Å². The molecule has 2 aromatic rings. The van der Waals surface area contributed by atoms with Gasteiger partial charge in [-0.05, 0) is 36.8 Å². The van der Waals surface area contributed by atoms with E-state index in [9.17, 15) is 13.2 Å². The van der Waals surface area contributed by atoms with E-state index in [2.05, 4.69) is 20.7 Å². The molecule has 20 heavy (non-hydrogen) atoms. The number of aryl methyl sites for hydroxylation is 1. The monoisotopic (exact) mass is 375 g/mol. The summed E-state index contributed by atoms with van der Waals surface area (Å²) in [6.45, 7) is 1.84. The quantitative estimate of drug-likeness (QED) is 0.858. The molecule has 1 aromatic carbocycles. The SMILES string of the molecule is Cc1cc(Br)cc(NS(=O)(=O)c2cc(C(=O)O)cs2)c1. The lowest BCUT2D eigenvalue weighted by Gasteiger charge is -2.07. The van der Waals surface area contributed by atoms with Crippen LogP contribution in [0.4, 0.5) is 5.69 Å². The second-order valence-electron chi connectivity index (χ2n) is 4.08. The first-order valence-corrected chi connectivity index (χ1v) is 8.55. The zero-order valence-electron chi connectivity index (χ0n) is 10.3. The van der Waals surface area contributed by atoms with Crippen LogP contribution in [-0.4, -0.2) is 19.5 Å². The summed E-state index contributed by atoms with van der Waals surface area (Å²) in [6, 6.07) is 6.32. The molecule has 0 fully saturated rings. The Labute approximate surface area is 128 Å². The van der Waals surface area contributed by atoms with Crippen LogP contribution in [0, 0.1) is 6.92 Å². The third kappa shape index (κ3) is 3.38. The average Bonchev–Trinajstić information content (AvgIpc) is 2.76. The van der Waals surface area contributed by atoms with Gasteiger partial charge in [0.15, 0.2) is 0 Å². The first kappa shape index (κ1) is 15.0. The lowest BCUT2D eigenvalue weighted by atomic mass is 10.2. The lowest BCUT2D eigenvalue weighted by molar-refractivity contribution is 0.0697. The number of carbonyl (C=O) groups is 1. The van der Waals surface area contributed by atoms with Crippen molar-refractivity contribution in [1.82, 2.24) is 0 Å². The Kier molecular flexibility index (Phi) is 4.17. The van der Waals surface area contributed by atoms with Gasteiger partial charge < -0.3 is 5.11 Å². The van der Waals surface area contributed by atoms with Crippen molar-refractivity contribution < 1.29 is 18.3 Å². The van der Waals surface area contributed by atoms with E-state index in [1.807, 2.05) is 13.0 Å². The topological polar surface area (TPSA) is 83.5 Å². The number of anilines is 1. The second kappa shape index (κ2) is 5.55. The highest BCUT2D eigenvalue weighted by Gasteiger charge is 2.19. The van der Waals surface area contributed by atoms with Gasteiger partial charge in [0.25, 0.3) is 10.0 Å². The minimum absolute atomic E-state index is 0.0347. The van der Waals surface area contributed by atoms with Gasteiger partial charge in [0.2, 0.25) is 0 Å². The molecular formula is C12H10BrNO4S2. The highest BCUT2D eigenvalue weighted by Crippen LogP contribution is 2.25. The first-order valence-electron chi connectivity index (χ1n) is 5.40. The number of hydrogen-bond donors (Lipinski definition) is 2. The highest BCUT2D eigenvalue weighted by molar-refractivity contribution is 9.10. The summed E-state index contributed by atoms with van der Waals surface area (Å²) < 4.78 is 27.5. The Balaban J connectivity index is 2.32. The van der Waals surface area contributed by atoms with Crippen LogP contribution in [0.1, 0.15) is 15.9 Å². The summed E-state index contributed by atoms with van der Waals surface area (Å²) in [5, 5.41) is 10.1. The summed E-state index contributed by atoms with van der Waals surface area (Å²) in [5.41, 5.74) is 1.28. The molecule has 0 aliphatic heterocycles. The molecule has 5 nitrogen and oxygen atoms in total. The van der Waals surface area contributed by atoms with Crippen molar-refractivity contribution >= 4 is 48.9 Å². The number of carboxylic acid groups (broad SMARTS) is 1. The summed E-state index contributed by atoms with van der Waals surface area (Å²) >= 11 is 4.16. The van der Waals surface area contributed by atoms with E-state index < -0.39 is 16.0 Å². The molecule has 2 N–H and O–H groups in total. The molecular weight excluding hydrogens is 366 g/mol. The molecule has 0 aliphatic rings. The average molecular weight is 376 g/mol. The maximum absolute atomic E-state index is 12.2. The Hall–Kier alpha value is -1.38. The van der Waals surface area contributed by atoms with Gasteiger partial charge >= 0.3 is 5.97 Å². The second-order valence-corrected chi connectivity index (χ2v) is 7.82. The standard InChI is InChI=1S/C12H10BrNO4S2/c1-7-2-9(13)5-10(3-7)14-20(17,18)11-4-8(6-19-11)12(15)16/h2-6,14H,1H3,(H,15,16). The number of rotatable bonds is 4. The van der Waals surface area contributed by atoms with Crippen LogP contribution in [0.5, 0.6) is 0 Å². The molecule has 0 unspecified atom stereocenters. The number of benzene rings is 1. The minimum Gasteiger partial charge on any atom is -0.478 e. The van der Waals surface area contributed by atoms with Gasteiger partial charge in [-0.25, -0.2) is 13.2 Å². The third-order valence-corrected chi connectivity index (χ3v) is 5.66. The van der Waals surface area contributed by atoms with Gasteiger partial charge in [0.05, 0.1) is 11.3 Å². The molecule has 0 saturated carbocycles. The van der Waals surface area contributed by atoms with E-state index >= 15 is 0 Å². The van der Waals surface area contributed by atoms with Gasteiger partial charge in [0.1, 0.15) is 4.21 Å². The van der Waals surface area contributed by atoms with Crippen LogP contribution in [0.3, 0.4) is 0 Å². The van der Waals surface area contributed by atoms with Crippen molar-refractivity contribution in [3.63, 3.8) is 0 Å². The van der Waals surface area contributed by atoms with Crippen molar-refractivity contribution in [2.45, 2.75) is 11.1 Å². The molecule has 0 spiro atoms. The molecule has 1 aromatic heterocycles. The van der Waals surface area contributed by atoms with Crippen molar-refractivity contribution in [1.29, 1.82) is 0 Å². The van der Waals surface area contributed by atoms with Crippen LogP contribution < -0.4 is 4.72 Å². The largest absolute Gasteiger partial charge is 0.478 e. The fourth-order valence-corrected chi connectivity index (χ4v) is 4.37. The Bertz CT molecular complexity index is 747. The predicted octanol–water partition coefficient (Wildman–Crippen LogP) is 3.32. The maximum Gasteiger partial charge on any atom is 0.336 e. The summed E-state index contributed by atoms with van der Waals surface area (Å²) in [5.74, 6) is -1.15. The third-order valence-electron chi connectivity index (χ3n) is 2.38. The minimum atomic E-state index is -3.78. The molecule has 1 heterocycles. The van der Waals surface area contributed by atoms with Crippen molar-refractivity contribution in [3.05, 3.63) is 45.2 Å². The van der Waals surface area contributed by atoms with E-state index in [0.29, 0.717) is 5.69 Å². The van der Waals surface area contributed by atoms with Crippen LogP contribution in [0.25, 0.3) is 0 Å². The molecule has 0 amide bonds. The van der Waals surface area contributed by atoms with Crippen molar-refractivity contribution in [2.24, 2.45) is 0 Å². The fourth-order valence-electron chi connectivity index (χ4n) is 1.57.